The first kappa shape index (κ1) is 12.5. The highest BCUT2D eigenvalue weighted by atomic mass is 19.1. The standard InChI is InChI=1S/C14H15FN2O/c1-10-3-2-4-13(17-10)9-18-14-6-11(8-16)5-12(15)7-14/h2-7H,8-9,16H2,1H3. The number of benzene rings is 1. The van der Waals surface area contributed by atoms with Crippen LogP contribution in [0, 0.1) is 12.7 Å². The van der Waals surface area contributed by atoms with Gasteiger partial charge in [-0.3, -0.25) is 4.98 Å². The van der Waals surface area contributed by atoms with E-state index in [1.165, 1.54) is 12.1 Å². The molecule has 0 aliphatic rings. The van der Waals surface area contributed by atoms with Crippen LogP contribution in [-0.2, 0) is 13.2 Å². The van der Waals surface area contributed by atoms with Gasteiger partial charge in [0.05, 0.1) is 5.69 Å². The van der Waals surface area contributed by atoms with Gasteiger partial charge in [-0.1, -0.05) is 6.07 Å². The Kier molecular flexibility index (Phi) is 3.89. The molecule has 0 aliphatic carbocycles. The molecule has 0 saturated carbocycles. The molecule has 0 spiro atoms. The minimum atomic E-state index is -0.342. The van der Waals surface area contributed by atoms with E-state index >= 15 is 0 Å². The van der Waals surface area contributed by atoms with E-state index in [2.05, 4.69) is 4.98 Å². The maximum Gasteiger partial charge on any atom is 0.130 e. The maximum absolute atomic E-state index is 13.3. The van der Waals surface area contributed by atoms with Gasteiger partial charge in [-0.05, 0) is 36.8 Å². The Balaban J connectivity index is 2.08. The smallest absolute Gasteiger partial charge is 0.130 e. The van der Waals surface area contributed by atoms with Crippen molar-refractivity contribution in [2.75, 3.05) is 0 Å². The minimum Gasteiger partial charge on any atom is -0.487 e. The quantitative estimate of drug-likeness (QED) is 0.902. The van der Waals surface area contributed by atoms with Gasteiger partial charge in [0.1, 0.15) is 18.2 Å². The fourth-order valence-electron chi connectivity index (χ4n) is 1.66. The Morgan fingerprint density at radius 2 is 2.11 bits per heavy atom. The summed E-state index contributed by atoms with van der Waals surface area (Å²) in [6, 6.07) is 10.2. The van der Waals surface area contributed by atoms with Gasteiger partial charge in [0.2, 0.25) is 0 Å². The van der Waals surface area contributed by atoms with E-state index in [9.17, 15) is 4.39 Å². The Morgan fingerprint density at radius 3 is 2.83 bits per heavy atom. The lowest BCUT2D eigenvalue weighted by Gasteiger charge is -2.08. The first-order chi connectivity index (χ1) is 8.67. The number of hydrogen-bond donors (Lipinski definition) is 1. The van der Waals surface area contributed by atoms with Crippen molar-refractivity contribution in [2.24, 2.45) is 5.73 Å². The second-order valence-electron chi connectivity index (χ2n) is 4.06. The van der Waals surface area contributed by atoms with Gasteiger partial charge >= 0.3 is 0 Å². The molecule has 1 aromatic carbocycles. The first-order valence-electron chi connectivity index (χ1n) is 5.72. The van der Waals surface area contributed by atoms with Crippen molar-refractivity contribution in [1.82, 2.24) is 4.98 Å². The van der Waals surface area contributed by atoms with Crippen LogP contribution in [0.2, 0.25) is 0 Å². The highest BCUT2D eigenvalue weighted by Gasteiger charge is 2.02. The Morgan fingerprint density at radius 1 is 1.28 bits per heavy atom. The van der Waals surface area contributed by atoms with Gasteiger partial charge in [0, 0.05) is 18.3 Å². The normalized spacial score (nSPS) is 10.4. The predicted octanol–water partition coefficient (Wildman–Crippen LogP) is 2.57. The lowest BCUT2D eigenvalue weighted by atomic mass is 10.2. The minimum absolute atomic E-state index is 0.289. The number of aryl methyl sites for hydroxylation is 1. The molecule has 0 atom stereocenters. The van der Waals surface area contributed by atoms with E-state index in [-0.39, 0.29) is 12.4 Å². The lowest BCUT2D eigenvalue weighted by molar-refractivity contribution is 0.299. The highest BCUT2D eigenvalue weighted by molar-refractivity contribution is 5.29. The second-order valence-corrected chi connectivity index (χ2v) is 4.06. The average Bonchev–Trinajstić information content (AvgIpc) is 2.36. The topological polar surface area (TPSA) is 48.1 Å². The van der Waals surface area contributed by atoms with Gasteiger partial charge in [-0.25, -0.2) is 4.39 Å². The van der Waals surface area contributed by atoms with Crippen molar-refractivity contribution < 1.29 is 9.13 Å². The Labute approximate surface area is 105 Å². The van der Waals surface area contributed by atoms with Gasteiger partial charge in [-0.15, -0.1) is 0 Å². The van der Waals surface area contributed by atoms with Crippen LogP contribution in [0.25, 0.3) is 0 Å². The number of pyridine rings is 1. The molecule has 0 aliphatic heterocycles. The molecular formula is C14H15FN2O. The monoisotopic (exact) mass is 246 g/mol. The third-order valence-electron chi connectivity index (χ3n) is 2.50. The van der Waals surface area contributed by atoms with Crippen molar-refractivity contribution in [3.63, 3.8) is 0 Å². The molecule has 0 bridgehead atoms. The van der Waals surface area contributed by atoms with E-state index in [4.69, 9.17) is 10.5 Å². The van der Waals surface area contributed by atoms with Crippen LogP contribution in [-0.4, -0.2) is 4.98 Å². The number of ether oxygens (including phenoxy) is 1. The molecule has 18 heavy (non-hydrogen) atoms. The molecule has 2 aromatic rings. The summed E-state index contributed by atoms with van der Waals surface area (Å²) < 4.78 is 18.8. The summed E-state index contributed by atoms with van der Waals surface area (Å²) in [5.74, 6) is 0.129. The number of halogens is 1. The number of nitrogens with two attached hydrogens (primary N) is 1. The van der Waals surface area contributed by atoms with Crippen molar-refractivity contribution in [2.45, 2.75) is 20.1 Å². The molecule has 2 rings (SSSR count). The summed E-state index contributed by atoms with van der Waals surface area (Å²) in [5, 5.41) is 0. The number of rotatable bonds is 4. The summed E-state index contributed by atoms with van der Waals surface area (Å²) in [4.78, 5) is 4.31. The summed E-state index contributed by atoms with van der Waals surface area (Å²) >= 11 is 0. The highest BCUT2D eigenvalue weighted by Crippen LogP contribution is 2.17. The fraction of sp³-hybridized carbons (Fsp3) is 0.214. The van der Waals surface area contributed by atoms with Crippen LogP contribution in [0.5, 0.6) is 5.75 Å². The zero-order valence-corrected chi connectivity index (χ0v) is 10.2. The SMILES string of the molecule is Cc1cccc(COc2cc(F)cc(CN)c2)n1. The van der Waals surface area contributed by atoms with E-state index in [1.807, 2.05) is 25.1 Å². The molecule has 4 heteroatoms. The van der Waals surface area contributed by atoms with Crippen LogP contribution in [0.4, 0.5) is 4.39 Å². The molecule has 2 N–H and O–H groups in total. The summed E-state index contributed by atoms with van der Waals surface area (Å²) in [6.07, 6.45) is 0. The largest absolute Gasteiger partial charge is 0.487 e. The van der Waals surface area contributed by atoms with Gasteiger partial charge in [-0.2, -0.15) is 0 Å². The summed E-state index contributed by atoms with van der Waals surface area (Å²) in [7, 11) is 0. The summed E-state index contributed by atoms with van der Waals surface area (Å²) in [5.41, 5.74) is 7.93. The van der Waals surface area contributed by atoms with Gasteiger partial charge in [0.15, 0.2) is 0 Å². The van der Waals surface area contributed by atoms with Crippen molar-refractivity contribution in [3.05, 3.63) is 59.2 Å². The fourth-order valence-corrected chi connectivity index (χ4v) is 1.66. The van der Waals surface area contributed by atoms with Crippen LogP contribution in [0.3, 0.4) is 0 Å². The molecule has 0 radical (unpaired) electrons. The molecule has 0 unspecified atom stereocenters. The molecule has 0 amide bonds. The molecular weight excluding hydrogens is 231 g/mol. The van der Waals surface area contributed by atoms with Crippen molar-refractivity contribution >= 4 is 0 Å². The molecule has 94 valence electrons. The Bertz CT molecular complexity index is 543. The van der Waals surface area contributed by atoms with E-state index < -0.39 is 0 Å². The second kappa shape index (κ2) is 5.60. The Hall–Kier alpha value is -1.94. The lowest BCUT2D eigenvalue weighted by Crippen LogP contribution is -2.01. The predicted molar refractivity (Wildman–Crippen MR) is 67.6 cm³/mol. The third kappa shape index (κ3) is 3.28. The van der Waals surface area contributed by atoms with Crippen LogP contribution >= 0.6 is 0 Å². The van der Waals surface area contributed by atoms with Gasteiger partial charge < -0.3 is 10.5 Å². The van der Waals surface area contributed by atoms with Crippen LogP contribution in [0.1, 0.15) is 17.0 Å². The number of nitrogens with zero attached hydrogens (tertiary/aromatic N) is 1. The molecule has 0 fully saturated rings. The van der Waals surface area contributed by atoms with Crippen molar-refractivity contribution in [1.29, 1.82) is 0 Å². The van der Waals surface area contributed by atoms with E-state index in [0.29, 0.717) is 17.9 Å². The number of hydrogen-bond acceptors (Lipinski definition) is 3. The van der Waals surface area contributed by atoms with Gasteiger partial charge in [0.25, 0.3) is 0 Å². The maximum atomic E-state index is 13.3. The number of aromatic nitrogens is 1. The first-order valence-corrected chi connectivity index (χ1v) is 5.72. The molecule has 1 aromatic heterocycles. The van der Waals surface area contributed by atoms with E-state index in [0.717, 1.165) is 11.4 Å². The zero-order chi connectivity index (χ0) is 13.0. The van der Waals surface area contributed by atoms with Crippen molar-refractivity contribution in [3.8, 4) is 5.75 Å². The molecule has 0 saturated heterocycles. The third-order valence-corrected chi connectivity index (χ3v) is 2.50. The average molecular weight is 246 g/mol. The molecule has 3 nitrogen and oxygen atoms in total. The van der Waals surface area contributed by atoms with Crippen LogP contribution in [0.15, 0.2) is 36.4 Å². The van der Waals surface area contributed by atoms with E-state index in [1.54, 1.807) is 6.07 Å². The molecule has 1 heterocycles. The summed E-state index contributed by atoms with van der Waals surface area (Å²) in [6.45, 7) is 2.52. The zero-order valence-electron chi connectivity index (χ0n) is 10.2. The van der Waals surface area contributed by atoms with Crippen LogP contribution < -0.4 is 10.5 Å².